The molecule has 0 bridgehead atoms. The van der Waals surface area contributed by atoms with Gasteiger partial charge in [-0.3, -0.25) is 0 Å². The molecule has 1 aromatic rings. The third kappa shape index (κ3) is 8.93. The molecule has 2 heterocycles. The fraction of sp³-hybridized carbons (Fsp3) is 0.727. The van der Waals surface area contributed by atoms with Crippen LogP contribution in [0.5, 0.6) is 0 Å². The second-order valence-corrected chi connectivity index (χ2v) is 7.94. The van der Waals surface area contributed by atoms with Crippen molar-refractivity contribution in [1.29, 1.82) is 0 Å². The summed E-state index contributed by atoms with van der Waals surface area (Å²) in [6, 6.07) is 4.28. The van der Waals surface area contributed by atoms with Gasteiger partial charge in [0.05, 0.1) is 6.54 Å². The molecule has 170 valence electrons. The van der Waals surface area contributed by atoms with E-state index in [1.165, 1.54) is 12.8 Å². The van der Waals surface area contributed by atoms with Gasteiger partial charge in [0.1, 0.15) is 5.82 Å². The topological polar surface area (TPSA) is 65.0 Å². The molecule has 2 fully saturated rings. The molecular weight excluding hydrogens is 491 g/mol. The first-order valence-electron chi connectivity index (χ1n) is 11.3. The van der Waals surface area contributed by atoms with Gasteiger partial charge in [-0.05, 0) is 50.3 Å². The SMILES string of the molecule is CCNC(=NCc1ccc(N2CCN(CC)CC2)nc1)NCCCOCC1CC1.I. The van der Waals surface area contributed by atoms with Gasteiger partial charge >= 0.3 is 0 Å². The number of aromatic nitrogens is 1. The molecule has 2 N–H and O–H groups in total. The normalized spacial score (nSPS) is 17.5. The first-order valence-corrected chi connectivity index (χ1v) is 11.3. The van der Waals surface area contributed by atoms with Crippen molar-refractivity contribution in [3.05, 3.63) is 23.9 Å². The van der Waals surface area contributed by atoms with Crippen LogP contribution in [0, 0.1) is 5.92 Å². The molecule has 30 heavy (non-hydrogen) atoms. The van der Waals surface area contributed by atoms with E-state index < -0.39 is 0 Å². The molecule has 1 saturated carbocycles. The lowest BCUT2D eigenvalue weighted by atomic mass is 10.2. The van der Waals surface area contributed by atoms with Crippen LogP contribution >= 0.6 is 24.0 Å². The summed E-state index contributed by atoms with van der Waals surface area (Å²) in [5, 5.41) is 6.70. The standard InChI is InChI=1S/C22H38N6O.HI/c1-3-23-22(24-10-5-15-29-18-19-6-7-19)26-17-20-8-9-21(25-16-20)28-13-11-27(4-2)12-14-28;/h8-9,16,19H,3-7,10-15,17-18H2,1-2H3,(H2,23,24,26);1H. The van der Waals surface area contributed by atoms with E-state index in [1.54, 1.807) is 0 Å². The lowest BCUT2D eigenvalue weighted by molar-refractivity contribution is 0.123. The lowest BCUT2D eigenvalue weighted by Gasteiger charge is -2.34. The molecule has 3 rings (SSSR count). The molecule has 8 heteroatoms. The van der Waals surface area contributed by atoms with Crippen molar-refractivity contribution in [2.75, 3.05) is 63.9 Å². The predicted octanol–water partition coefficient (Wildman–Crippen LogP) is 2.71. The van der Waals surface area contributed by atoms with Gasteiger partial charge in [-0.25, -0.2) is 9.98 Å². The van der Waals surface area contributed by atoms with Crippen molar-refractivity contribution in [3.8, 4) is 0 Å². The Hall–Kier alpha value is -1.13. The number of hydrogen-bond donors (Lipinski definition) is 2. The number of ether oxygens (including phenoxy) is 1. The van der Waals surface area contributed by atoms with Crippen LogP contribution in [0.25, 0.3) is 0 Å². The number of pyridine rings is 1. The molecule has 0 atom stereocenters. The van der Waals surface area contributed by atoms with Crippen molar-refractivity contribution >= 4 is 35.8 Å². The average Bonchev–Trinajstić information content (AvgIpc) is 3.59. The molecular formula is C22H39IN6O. The first kappa shape index (κ1) is 25.1. The fourth-order valence-corrected chi connectivity index (χ4v) is 3.42. The van der Waals surface area contributed by atoms with E-state index in [-0.39, 0.29) is 24.0 Å². The van der Waals surface area contributed by atoms with Crippen molar-refractivity contribution in [1.82, 2.24) is 20.5 Å². The smallest absolute Gasteiger partial charge is 0.191 e. The van der Waals surface area contributed by atoms with Crippen LogP contribution in [0.4, 0.5) is 5.82 Å². The summed E-state index contributed by atoms with van der Waals surface area (Å²) in [6.07, 6.45) is 5.65. The zero-order chi connectivity index (χ0) is 20.3. The van der Waals surface area contributed by atoms with Gasteiger partial charge in [-0.15, -0.1) is 24.0 Å². The van der Waals surface area contributed by atoms with Crippen LogP contribution < -0.4 is 15.5 Å². The number of aliphatic imine (C=N–C) groups is 1. The van der Waals surface area contributed by atoms with E-state index in [0.717, 1.165) is 88.7 Å². The van der Waals surface area contributed by atoms with Crippen LogP contribution in [0.1, 0.15) is 38.7 Å². The molecule has 0 radical (unpaired) electrons. The summed E-state index contributed by atoms with van der Waals surface area (Å²) < 4.78 is 5.69. The summed E-state index contributed by atoms with van der Waals surface area (Å²) in [4.78, 5) is 14.2. The molecule has 1 aromatic heterocycles. The Bertz CT molecular complexity index is 615. The van der Waals surface area contributed by atoms with Gasteiger partial charge in [0.2, 0.25) is 0 Å². The van der Waals surface area contributed by atoms with Gasteiger partial charge in [0.25, 0.3) is 0 Å². The maximum absolute atomic E-state index is 5.69. The summed E-state index contributed by atoms with van der Waals surface area (Å²) in [5.74, 6) is 2.77. The van der Waals surface area contributed by atoms with Crippen molar-refractivity contribution in [3.63, 3.8) is 0 Å². The zero-order valence-electron chi connectivity index (χ0n) is 18.6. The minimum atomic E-state index is 0. The third-order valence-corrected chi connectivity index (χ3v) is 5.52. The molecule has 0 unspecified atom stereocenters. The highest BCUT2D eigenvalue weighted by atomic mass is 127. The van der Waals surface area contributed by atoms with Crippen LogP contribution in [-0.2, 0) is 11.3 Å². The molecule has 1 saturated heterocycles. The lowest BCUT2D eigenvalue weighted by Crippen LogP contribution is -2.46. The van der Waals surface area contributed by atoms with Gasteiger partial charge in [-0.2, -0.15) is 0 Å². The monoisotopic (exact) mass is 530 g/mol. The van der Waals surface area contributed by atoms with Crippen LogP contribution in [-0.4, -0.2) is 74.9 Å². The minimum absolute atomic E-state index is 0. The Balaban J connectivity index is 0.00000320. The number of nitrogens with zero attached hydrogens (tertiary/aromatic N) is 4. The highest BCUT2D eigenvalue weighted by Crippen LogP contribution is 2.28. The molecule has 1 aliphatic carbocycles. The Morgan fingerprint density at radius 1 is 1.17 bits per heavy atom. The van der Waals surface area contributed by atoms with Crippen molar-refractivity contribution in [2.24, 2.45) is 10.9 Å². The van der Waals surface area contributed by atoms with Crippen LogP contribution in [0.15, 0.2) is 23.3 Å². The van der Waals surface area contributed by atoms with E-state index in [4.69, 9.17) is 9.73 Å². The van der Waals surface area contributed by atoms with Crippen molar-refractivity contribution < 1.29 is 4.74 Å². The number of guanidine groups is 1. The number of anilines is 1. The summed E-state index contributed by atoms with van der Waals surface area (Å²) in [7, 11) is 0. The van der Waals surface area contributed by atoms with E-state index >= 15 is 0 Å². The Labute approximate surface area is 199 Å². The third-order valence-electron chi connectivity index (χ3n) is 5.52. The molecule has 2 aliphatic rings. The average molecular weight is 530 g/mol. The summed E-state index contributed by atoms with van der Waals surface area (Å²) >= 11 is 0. The van der Waals surface area contributed by atoms with E-state index in [0.29, 0.717) is 6.54 Å². The Morgan fingerprint density at radius 3 is 2.60 bits per heavy atom. The Kier molecular flexibility index (Phi) is 11.8. The number of likely N-dealkylation sites (N-methyl/N-ethyl adjacent to an activating group) is 1. The number of piperazine rings is 1. The van der Waals surface area contributed by atoms with E-state index in [1.807, 2.05) is 6.20 Å². The highest BCUT2D eigenvalue weighted by Gasteiger charge is 2.20. The van der Waals surface area contributed by atoms with Gasteiger partial charge in [0, 0.05) is 58.7 Å². The second-order valence-electron chi connectivity index (χ2n) is 7.94. The molecule has 7 nitrogen and oxygen atoms in total. The zero-order valence-corrected chi connectivity index (χ0v) is 20.9. The summed E-state index contributed by atoms with van der Waals surface area (Å²) in [6.45, 7) is 13.9. The maximum Gasteiger partial charge on any atom is 0.191 e. The highest BCUT2D eigenvalue weighted by molar-refractivity contribution is 14.0. The quantitative estimate of drug-likeness (QED) is 0.199. The first-order chi connectivity index (χ1) is 14.3. The fourth-order valence-electron chi connectivity index (χ4n) is 3.42. The van der Waals surface area contributed by atoms with E-state index in [9.17, 15) is 0 Å². The van der Waals surface area contributed by atoms with Gasteiger partial charge in [-0.1, -0.05) is 13.0 Å². The van der Waals surface area contributed by atoms with Gasteiger partial charge in [0.15, 0.2) is 5.96 Å². The Morgan fingerprint density at radius 2 is 1.97 bits per heavy atom. The maximum atomic E-state index is 5.69. The minimum Gasteiger partial charge on any atom is -0.381 e. The molecule has 0 spiro atoms. The predicted molar refractivity (Wildman–Crippen MR) is 135 cm³/mol. The number of hydrogen-bond acceptors (Lipinski definition) is 5. The number of halogens is 1. The number of rotatable bonds is 11. The van der Waals surface area contributed by atoms with Crippen molar-refractivity contribution in [2.45, 2.75) is 39.7 Å². The largest absolute Gasteiger partial charge is 0.381 e. The molecule has 0 aromatic carbocycles. The van der Waals surface area contributed by atoms with Gasteiger partial charge < -0.3 is 25.2 Å². The molecule has 0 amide bonds. The van der Waals surface area contributed by atoms with Crippen LogP contribution in [0.3, 0.4) is 0 Å². The van der Waals surface area contributed by atoms with Crippen LogP contribution in [0.2, 0.25) is 0 Å². The second kappa shape index (κ2) is 14.0. The van der Waals surface area contributed by atoms with E-state index in [2.05, 4.69) is 51.4 Å². The summed E-state index contributed by atoms with van der Waals surface area (Å²) in [5.41, 5.74) is 1.13. The molecule has 1 aliphatic heterocycles. The number of nitrogens with one attached hydrogen (secondary N) is 2.